The van der Waals surface area contributed by atoms with Crippen molar-refractivity contribution in [2.75, 3.05) is 11.5 Å². The standard InChI is InChI=1S/C19H19N3O4/c1-17-6-7-18(2,26-17)19(21)14(17)15(23)22(16(19)24)12-4-3-10(9-20)13-11(12)5-8-25-13/h3-4,14H,5-8,21H2,1-2H3/t14-,17-,18+,19-/m1/s1. The van der Waals surface area contributed by atoms with Crippen LogP contribution < -0.4 is 15.4 Å². The summed E-state index contributed by atoms with van der Waals surface area (Å²) in [6.07, 6.45) is 1.90. The number of ether oxygens (including phenoxy) is 2. The number of imide groups is 1. The number of hydrogen-bond donors (Lipinski definition) is 1. The van der Waals surface area contributed by atoms with E-state index in [2.05, 4.69) is 6.07 Å². The fraction of sp³-hybridized carbons (Fsp3) is 0.526. The Morgan fingerprint density at radius 3 is 2.77 bits per heavy atom. The monoisotopic (exact) mass is 353 g/mol. The first kappa shape index (κ1) is 15.8. The summed E-state index contributed by atoms with van der Waals surface area (Å²) in [6, 6.07) is 5.33. The molecule has 1 aromatic carbocycles. The predicted molar refractivity (Wildman–Crippen MR) is 90.4 cm³/mol. The van der Waals surface area contributed by atoms with Crippen LogP contribution in [0.2, 0.25) is 0 Å². The van der Waals surface area contributed by atoms with Crippen LogP contribution >= 0.6 is 0 Å². The van der Waals surface area contributed by atoms with Crippen LogP contribution in [0.3, 0.4) is 0 Å². The smallest absolute Gasteiger partial charge is 0.257 e. The number of rotatable bonds is 1. The van der Waals surface area contributed by atoms with Crippen LogP contribution in [0.5, 0.6) is 5.75 Å². The number of nitrogens with two attached hydrogens (primary N) is 1. The quantitative estimate of drug-likeness (QED) is 0.756. The lowest BCUT2D eigenvalue weighted by Gasteiger charge is -2.37. The maximum absolute atomic E-state index is 13.4. The Kier molecular flexibility index (Phi) is 2.70. The largest absolute Gasteiger partial charge is 0.491 e. The SMILES string of the molecule is C[C@]12CC[C@](C)(O1)[C@]1(N)C(=O)N(c3ccc(C#N)c4c3CCO4)C(=O)[C@H]21. The molecule has 1 aromatic rings. The van der Waals surface area contributed by atoms with Crippen LogP contribution in [0.4, 0.5) is 5.69 Å². The maximum atomic E-state index is 13.4. The van der Waals surface area contributed by atoms with Crippen molar-refractivity contribution in [3.8, 4) is 11.8 Å². The first-order valence-electron chi connectivity index (χ1n) is 8.83. The number of carbonyl (C=O) groups is 2. The van der Waals surface area contributed by atoms with Crippen molar-refractivity contribution in [3.05, 3.63) is 23.3 Å². The second-order valence-electron chi connectivity index (χ2n) is 8.08. The van der Waals surface area contributed by atoms with E-state index in [1.54, 1.807) is 12.1 Å². The van der Waals surface area contributed by atoms with Gasteiger partial charge in [-0.05, 0) is 38.8 Å². The van der Waals surface area contributed by atoms with Gasteiger partial charge < -0.3 is 15.2 Å². The molecular formula is C19H19N3O4. The van der Waals surface area contributed by atoms with Gasteiger partial charge in [0.15, 0.2) is 0 Å². The molecule has 7 heteroatoms. The molecule has 4 aliphatic rings. The highest BCUT2D eigenvalue weighted by Gasteiger charge is 2.80. The third-order valence-electron chi connectivity index (χ3n) is 6.72. The van der Waals surface area contributed by atoms with E-state index >= 15 is 0 Å². The molecule has 0 aromatic heterocycles. The molecule has 0 unspecified atom stereocenters. The number of fused-ring (bicyclic) bond motifs is 6. The molecule has 0 saturated carbocycles. The van der Waals surface area contributed by atoms with Crippen molar-refractivity contribution in [2.45, 2.75) is 49.9 Å². The summed E-state index contributed by atoms with van der Waals surface area (Å²) >= 11 is 0. The van der Waals surface area contributed by atoms with Gasteiger partial charge in [0.25, 0.3) is 5.91 Å². The molecule has 5 rings (SSSR count). The second kappa shape index (κ2) is 4.45. The van der Waals surface area contributed by atoms with Crippen molar-refractivity contribution in [1.29, 1.82) is 5.26 Å². The van der Waals surface area contributed by atoms with Gasteiger partial charge in [-0.3, -0.25) is 9.59 Å². The highest BCUT2D eigenvalue weighted by Crippen LogP contribution is 2.62. The molecule has 26 heavy (non-hydrogen) atoms. The molecule has 4 heterocycles. The Morgan fingerprint density at radius 2 is 2.08 bits per heavy atom. The van der Waals surface area contributed by atoms with Crippen LogP contribution in [0, 0.1) is 17.2 Å². The first-order valence-corrected chi connectivity index (χ1v) is 8.83. The summed E-state index contributed by atoms with van der Waals surface area (Å²) in [7, 11) is 0. The van der Waals surface area contributed by atoms with Crippen LogP contribution in [0.1, 0.15) is 37.8 Å². The summed E-state index contributed by atoms with van der Waals surface area (Å²) in [6.45, 7) is 4.13. The van der Waals surface area contributed by atoms with Gasteiger partial charge in [-0.15, -0.1) is 0 Å². The molecule has 3 saturated heterocycles. The molecule has 0 aliphatic carbocycles. The second-order valence-corrected chi connectivity index (χ2v) is 8.08. The minimum absolute atomic E-state index is 0.317. The van der Waals surface area contributed by atoms with E-state index in [4.69, 9.17) is 15.2 Å². The van der Waals surface area contributed by atoms with Crippen molar-refractivity contribution in [2.24, 2.45) is 11.7 Å². The number of benzene rings is 1. The van der Waals surface area contributed by atoms with Crippen LogP contribution in [0.25, 0.3) is 0 Å². The Balaban J connectivity index is 1.68. The van der Waals surface area contributed by atoms with Gasteiger partial charge >= 0.3 is 0 Å². The molecular weight excluding hydrogens is 334 g/mol. The molecule has 3 fully saturated rings. The van der Waals surface area contributed by atoms with Crippen LogP contribution in [-0.2, 0) is 20.7 Å². The molecule has 7 nitrogen and oxygen atoms in total. The third kappa shape index (κ3) is 1.48. The van der Waals surface area contributed by atoms with Crippen molar-refractivity contribution in [3.63, 3.8) is 0 Å². The molecule has 2 amide bonds. The molecule has 4 aliphatic heterocycles. The van der Waals surface area contributed by atoms with E-state index in [-0.39, 0.29) is 5.91 Å². The van der Waals surface area contributed by atoms with Crippen molar-refractivity contribution < 1.29 is 19.1 Å². The fourth-order valence-electron chi connectivity index (χ4n) is 5.41. The Labute approximate surface area is 150 Å². The lowest BCUT2D eigenvalue weighted by molar-refractivity contribution is -0.130. The average molecular weight is 353 g/mol. The molecule has 0 spiro atoms. The number of carbonyl (C=O) groups excluding carboxylic acids is 2. The zero-order valence-electron chi connectivity index (χ0n) is 14.7. The van der Waals surface area contributed by atoms with Gasteiger partial charge in [-0.25, -0.2) is 4.90 Å². The summed E-state index contributed by atoms with van der Waals surface area (Å²) in [5.74, 6) is -0.972. The third-order valence-corrected chi connectivity index (χ3v) is 6.72. The van der Waals surface area contributed by atoms with Crippen molar-refractivity contribution in [1.82, 2.24) is 0 Å². The van der Waals surface area contributed by atoms with E-state index in [1.165, 1.54) is 4.90 Å². The summed E-state index contributed by atoms with van der Waals surface area (Å²) in [4.78, 5) is 28.0. The first-order chi connectivity index (χ1) is 12.3. The fourth-order valence-corrected chi connectivity index (χ4v) is 5.41. The number of nitriles is 1. The van der Waals surface area contributed by atoms with Gasteiger partial charge in [0, 0.05) is 12.0 Å². The van der Waals surface area contributed by atoms with Crippen LogP contribution in [-0.4, -0.2) is 35.2 Å². The number of hydrogen-bond acceptors (Lipinski definition) is 6. The van der Waals surface area contributed by atoms with E-state index in [0.717, 1.165) is 5.56 Å². The minimum atomic E-state index is -1.36. The van der Waals surface area contributed by atoms with E-state index < -0.39 is 28.6 Å². The number of anilines is 1. The van der Waals surface area contributed by atoms with E-state index in [9.17, 15) is 14.9 Å². The zero-order chi connectivity index (χ0) is 18.5. The lowest BCUT2D eigenvalue weighted by atomic mass is 9.64. The summed E-state index contributed by atoms with van der Waals surface area (Å²) in [5.41, 5.74) is 5.29. The molecule has 0 radical (unpaired) electrons. The lowest BCUT2D eigenvalue weighted by Crippen LogP contribution is -2.65. The minimum Gasteiger partial charge on any atom is -0.491 e. The molecule has 134 valence electrons. The number of amides is 2. The molecule has 4 atom stereocenters. The van der Waals surface area contributed by atoms with E-state index in [1.807, 2.05) is 13.8 Å². The topological polar surface area (TPSA) is 106 Å². The Morgan fingerprint density at radius 1 is 1.31 bits per heavy atom. The van der Waals surface area contributed by atoms with Gasteiger partial charge in [-0.2, -0.15) is 5.26 Å². The summed E-state index contributed by atoms with van der Waals surface area (Å²) in [5, 5.41) is 9.27. The summed E-state index contributed by atoms with van der Waals surface area (Å²) < 4.78 is 11.7. The highest BCUT2D eigenvalue weighted by atomic mass is 16.5. The number of nitrogens with zero attached hydrogens (tertiary/aromatic N) is 2. The predicted octanol–water partition coefficient (Wildman–Crippen LogP) is 1.02. The Hall–Kier alpha value is -2.43. The Bertz CT molecular complexity index is 937. The zero-order valence-corrected chi connectivity index (χ0v) is 14.7. The highest BCUT2D eigenvalue weighted by molar-refractivity contribution is 6.27. The molecule has 2 bridgehead atoms. The van der Waals surface area contributed by atoms with Crippen LogP contribution in [0.15, 0.2) is 12.1 Å². The van der Waals surface area contributed by atoms with Gasteiger partial charge in [0.05, 0.1) is 35.0 Å². The molecule has 2 N–H and O–H groups in total. The normalized spacial score (nSPS) is 39.8. The maximum Gasteiger partial charge on any atom is 0.257 e. The van der Waals surface area contributed by atoms with Gasteiger partial charge in [0.1, 0.15) is 17.4 Å². The average Bonchev–Trinajstić information content (AvgIpc) is 3.28. The van der Waals surface area contributed by atoms with Gasteiger partial charge in [-0.1, -0.05) is 0 Å². The van der Waals surface area contributed by atoms with Gasteiger partial charge in [0.2, 0.25) is 5.91 Å². The van der Waals surface area contributed by atoms with Crippen molar-refractivity contribution >= 4 is 17.5 Å². The van der Waals surface area contributed by atoms with E-state index in [0.29, 0.717) is 42.9 Å².